The SMILES string of the molecule is CCN(c1cc(Br)ccc1CN)C(C)CN(C)C. The smallest absolute Gasteiger partial charge is 0.0425 e. The lowest BCUT2D eigenvalue weighted by Gasteiger charge is -2.33. The number of rotatable bonds is 6. The summed E-state index contributed by atoms with van der Waals surface area (Å²) in [4.78, 5) is 4.63. The highest BCUT2D eigenvalue weighted by Gasteiger charge is 2.16. The number of hydrogen-bond acceptors (Lipinski definition) is 3. The molecule has 0 spiro atoms. The number of likely N-dealkylation sites (N-methyl/N-ethyl adjacent to an activating group) is 2. The van der Waals surface area contributed by atoms with Gasteiger partial charge in [0.25, 0.3) is 0 Å². The molecule has 0 fully saturated rings. The molecule has 0 amide bonds. The summed E-state index contributed by atoms with van der Waals surface area (Å²) in [6.45, 7) is 7.04. The third-order valence-electron chi connectivity index (χ3n) is 3.08. The van der Waals surface area contributed by atoms with Gasteiger partial charge in [0.05, 0.1) is 0 Å². The van der Waals surface area contributed by atoms with Crippen molar-refractivity contribution in [2.75, 3.05) is 32.1 Å². The van der Waals surface area contributed by atoms with E-state index < -0.39 is 0 Å². The molecule has 3 nitrogen and oxygen atoms in total. The summed E-state index contributed by atoms with van der Waals surface area (Å²) >= 11 is 3.55. The summed E-state index contributed by atoms with van der Waals surface area (Å²) in [6.07, 6.45) is 0. The molecule has 1 aromatic rings. The summed E-state index contributed by atoms with van der Waals surface area (Å²) in [6, 6.07) is 6.78. The molecule has 0 saturated heterocycles. The van der Waals surface area contributed by atoms with Crippen molar-refractivity contribution < 1.29 is 0 Å². The zero-order chi connectivity index (χ0) is 13.7. The van der Waals surface area contributed by atoms with E-state index in [1.807, 2.05) is 0 Å². The standard InChI is InChI=1S/C14H24BrN3/c1-5-18(11(2)10-17(3)4)14-8-13(15)7-6-12(14)9-16/h6-8,11H,5,9-10,16H2,1-4H3. The molecule has 0 aliphatic carbocycles. The van der Waals surface area contributed by atoms with E-state index in [0.717, 1.165) is 17.6 Å². The fourth-order valence-electron chi connectivity index (χ4n) is 2.32. The summed E-state index contributed by atoms with van der Waals surface area (Å²) in [5.74, 6) is 0. The molecule has 2 N–H and O–H groups in total. The minimum atomic E-state index is 0.463. The average molecular weight is 314 g/mol. The second-order valence-electron chi connectivity index (χ2n) is 4.87. The van der Waals surface area contributed by atoms with Gasteiger partial charge in [-0.05, 0) is 45.6 Å². The molecule has 0 bridgehead atoms. The van der Waals surface area contributed by atoms with Crippen molar-refractivity contribution in [2.45, 2.75) is 26.4 Å². The maximum absolute atomic E-state index is 5.84. The Labute approximate surface area is 119 Å². The van der Waals surface area contributed by atoms with Crippen LogP contribution < -0.4 is 10.6 Å². The monoisotopic (exact) mass is 313 g/mol. The van der Waals surface area contributed by atoms with Crippen LogP contribution in [0.3, 0.4) is 0 Å². The van der Waals surface area contributed by atoms with Crippen LogP contribution in [0.5, 0.6) is 0 Å². The maximum Gasteiger partial charge on any atom is 0.0425 e. The Morgan fingerprint density at radius 2 is 2.00 bits per heavy atom. The summed E-state index contributed by atoms with van der Waals surface area (Å²) in [5, 5.41) is 0. The topological polar surface area (TPSA) is 32.5 Å². The quantitative estimate of drug-likeness (QED) is 0.876. The van der Waals surface area contributed by atoms with Crippen molar-refractivity contribution in [3.63, 3.8) is 0 Å². The van der Waals surface area contributed by atoms with E-state index in [9.17, 15) is 0 Å². The maximum atomic E-state index is 5.84. The van der Waals surface area contributed by atoms with Crippen LogP contribution in [0.4, 0.5) is 5.69 Å². The van der Waals surface area contributed by atoms with E-state index >= 15 is 0 Å². The zero-order valence-electron chi connectivity index (χ0n) is 11.8. The Bertz CT molecular complexity index is 379. The zero-order valence-corrected chi connectivity index (χ0v) is 13.4. The van der Waals surface area contributed by atoms with Gasteiger partial charge < -0.3 is 15.5 Å². The van der Waals surface area contributed by atoms with Gasteiger partial charge in [0.2, 0.25) is 0 Å². The fourth-order valence-corrected chi connectivity index (χ4v) is 2.67. The first kappa shape index (κ1) is 15.5. The van der Waals surface area contributed by atoms with Crippen molar-refractivity contribution in [3.8, 4) is 0 Å². The fraction of sp³-hybridized carbons (Fsp3) is 0.571. The summed E-state index contributed by atoms with van der Waals surface area (Å²) in [7, 11) is 4.21. The molecule has 4 heteroatoms. The minimum Gasteiger partial charge on any atom is -0.368 e. The van der Waals surface area contributed by atoms with Crippen molar-refractivity contribution in [1.29, 1.82) is 0 Å². The molecule has 0 radical (unpaired) electrons. The van der Waals surface area contributed by atoms with Gasteiger partial charge in [0.15, 0.2) is 0 Å². The van der Waals surface area contributed by atoms with Gasteiger partial charge in [-0.3, -0.25) is 0 Å². The van der Waals surface area contributed by atoms with E-state index in [-0.39, 0.29) is 0 Å². The van der Waals surface area contributed by atoms with E-state index in [2.05, 4.69) is 71.9 Å². The van der Waals surface area contributed by atoms with Crippen LogP contribution in [-0.4, -0.2) is 38.1 Å². The lowest BCUT2D eigenvalue weighted by atomic mass is 10.1. The number of anilines is 1. The second-order valence-corrected chi connectivity index (χ2v) is 5.79. The van der Waals surface area contributed by atoms with Crippen LogP contribution in [0.15, 0.2) is 22.7 Å². The van der Waals surface area contributed by atoms with Crippen LogP contribution in [0.25, 0.3) is 0 Å². The third kappa shape index (κ3) is 3.97. The number of nitrogens with two attached hydrogens (primary N) is 1. The highest BCUT2D eigenvalue weighted by atomic mass is 79.9. The summed E-state index contributed by atoms with van der Waals surface area (Å²) in [5.41, 5.74) is 8.28. The Balaban J connectivity index is 3.03. The molecule has 1 aromatic carbocycles. The number of hydrogen-bond donors (Lipinski definition) is 1. The van der Waals surface area contributed by atoms with Crippen LogP contribution >= 0.6 is 15.9 Å². The van der Waals surface area contributed by atoms with Gasteiger partial charge in [-0.15, -0.1) is 0 Å². The molecule has 0 heterocycles. The van der Waals surface area contributed by atoms with Crippen molar-refractivity contribution >= 4 is 21.6 Å². The highest BCUT2D eigenvalue weighted by molar-refractivity contribution is 9.10. The number of halogens is 1. The van der Waals surface area contributed by atoms with Crippen LogP contribution in [0.2, 0.25) is 0 Å². The third-order valence-corrected chi connectivity index (χ3v) is 3.57. The number of benzene rings is 1. The molecule has 0 aromatic heterocycles. The molecule has 1 rings (SSSR count). The first-order valence-corrected chi connectivity index (χ1v) is 7.18. The van der Waals surface area contributed by atoms with Crippen LogP contribution in [0.1, 0.15) is 19.4 Å². The molecular formula is C14H24BrN3. The van der Waals surface area contributed by atoms with Gasteiger partial charge in [-0.25, -0.2) is 0 Å². The normalized spacial score (nSPS) is 12.8. The Kier molecular flexibility index (Phi) is 6.12. The molecule has 0 aliphatic heterocycles. The Hall–Kier alpha value is -0.580. The molecule has 18 heavy (non-hydrogen) atoms. The van der Waals surface area contributed by atoms with Gasteiger partial charge in [-0.1, -0.05) is 22.0 Å². The van der Waals surface area contributed by atoms with Crippen LogP contribution in [-0.2, 0) is 6.54 Å². The molecule has 0 saturated carbocycles. The lowest BCUT2D eigenvalue weighted by Crippen LogP contribution is -2.40. The van der Waals surface area contributed by atoms with E-state index in [1.54, 1.807) is 0 Å². The molecular weight excluding hydrogens is 290 g/mol. The highest BCUT2D eigenvalue weighted by Crippen LogP contribution is 2.26. The van der Waals surface area contributed by atoms with Crippen molar-refractivity contribution in [3.05, 3.63) is 28.2 Å². The van der Waals surface area contributed by atoms with E-state index in [0.29, 0.717) is 12.6 Å². The Morgan fingerprint density at radius 1 is 1.33 bits per heavy atom. The molecule has 102 valence electrons. The van der Waals surface area contributed by atoms with Gasteiger partial charge in [-0.2, -0.15) is 0 Å². The number of nitrogens with zero attached hydrogens (tertiary/aromatic N) is 2. The first-order valence-electron chi connectivity index (χ1n) is 6.39. The van der Waals surface area contributed by atoms with Crippen LogP contribution in [0, 0.1) is 0 Å². The molecule has 1 atom stereocenters. The Morgan fingerprint density at radius 3 is 2.50 bits per heavy atom. The van der Waals surface area contributed by atoms with Gasteiger partial charge in [0.1, 0.15) is 0 Å². The van der Waals surface area contributed by atoms with Crippen molar-refractivity contribution in [2.24, 2.45) is 5.73 Å². The lowest BCUT2D eigenvalue weighted by molar-refractivity contribution is 0.372. The minimum absolute atomic E-state index is 0.463. The molecule has 0 aliphatic rings. The largest absolute Gasteiger partial charge is 0.368 e. The predicted molar refractivity (Wildman–Crippen MR) is 83.1 cm³/mol. The average Bonchev–Trinajstić information content (AvgIpc) is 2.29. The van der Waals surface area contributed by atoms with E-state index in [1.165, 1.54) is 11.3 Å². The predicted octanol–water partition coefficient (Wildman–Crippen LogP) is 2.68. The summed E-state index contributed by atoms with van der Waals surface area (Å²) < 4.78 is 1.10. The molecule has 1 unspecified atom stereocenters. The van der Waals surface area contributed by atoms with Gasteiger partial charge in [0, 0.05) is 35.8 Å². The van der Waals surface area contributed by atoms with E-state index in [4.69, 9.17) is 5.73 Å². The van der Waals surface area contributed by atoms with Gasteiger partial charge >= 0.3 is 0 Å². The first-order chi connectivity index (χ1) is 8.49. The van der Waals surface area contributed by atoms with Crippen molar-refractivity contribution in [1.82, 2.24) is 4.90 Å². The second kappa shape index (κ2) is 7.12.